The highest BCUT2D eigenvalue weighted by Gasteiger charge is 2.16. The van der Waals surface area contributed by atoms with Gasteiger partial charge in [0, 0.05) is 49.5 Å². The Bertz CT molecular complexity index is 1290. The number of thiazole rings is 1. The molecule has 3 aromatic heterocycles. The topological polar surface area (TPSA) is 70.9 Å². The van der Waals surface area contributed by atoms with Crippen molar-refractivity contribution in [2.24, 2.45) is 0 Å². The molecule has 4 aromatic rings. The number of benzene rings is 1. The van der Waals surface area contributed by atoms with Crippen LogP contribution in [-0.4, -0.2) is 45.9 Å². The summed E-state index contributed by atoms with van der Waals surface area (Å²) in [6.07, 6.45) is 6.90. The Kier molecular flexibility index (Phi) is 5.84. The fraction of sp³-hybridized carbons (Fsp3) is 0.174. The van der Waals surface area contributed by atoms with Crippen LogP contribution in [0.2, 0.25) is 0 Å². The van der Waals surface area contributed by atoms with Crippen LogP contribution in [0.15, 0.2) is 61.0 Å². The molecular weight excluding hydrogens is 444 g/mol. The van der Waals surface area contributed by atoms with Crippen LogP contribution in [-0.2, 0) is 0 Å². The number of hydrogen-bond donors (Lipinski definition) is 2. The molecule has 2 N–H and O–H groups in total. The maximum atomic E-state index is 13.6. The van der Waals surface area contributed by atoms with Gasteiger partial charge in [-0.05, 0) is 23.8 Å². The summed E-state index contributed by atoms with van der Waals surface area (Å²) >= 11 is 1.41. The second kappa shape index (κ2) is 9.08. The molecule has 0 bridgehead atoms. The van der Waals surface area contributed by atoms with Gasteiger partial charge in [-0.1, -0.05) is 12.6 Å². The lowest BCUT2D eigenvalue weighted by atomic mass is 10.1. The average Bonchev–Trinajstić information content (AvgIpc) is 3.52. The summed E-state index contributed by atoms with van der Waals surface area (Å²) in [4.78, 5) is 11.2. The monoisotopic (exact) mass is 465 g/mol. The van der Waals surface area contributed by atoms with Crippen molar-refractivity contribution in [2.45, 2.75) is 0 Å². The number of rotatable bonds is 6. The van der Waals surface area contributed by atoms with E-state index in [-0.39, 0.29) is 0 Å². The van der Waals surface area contributed by atoms with Crippen molar-refractivity contribution in [3.63, 3.8) is 0 Å². The maximum Gasteiger partial charge on any atom is 0.210 e. The van der Waals surface area contributed by atoms with E-state index in [0.717, 1.165) is 49.7 Å². The van der Waals surface area contributed by atoms with Gasteiger partial charge in [-0.3, -0.25) is 4.98 Å². The molecule has 1 aliphatic rings. The molecule has 1 saturated heterocycles. The number of hydrogen-bond acceptors (Lipinski definition) is 7. The van der Waals surface area contributed by atoms with Crippen LogP contribution in [0.4, 0.5) is 20.2 Å². The minimum Gasteiger partial charge on any atom is -0.367 e. The number of nitrogens with zero attached hydrogens (tertiary/aromatic N) is 5. The first-order valence-corrected chi connectivity index (χ1v) is 11.3. The molecule has 10 heteroatoms. The highest BCUT2D eigenvalue weighted by molar-refractivity contribution is 7.12. The second-order valence-corrected chi connectivity index (χ2v) is 8.39. The Morgan fingerprint density at radius 2 is 1.94 bits per heavy atom. The van der Waals surface area contributed by atoms with Crippen molar-refractivity contribution >= 4 is 28.4 Å². The summed E-state index contributed by atoms with van der Waals surface area (Å²) in [5, 5.41) is 13.6. The molecule has 0 spiro atoms. The van der Waals surface area contributed by atoms with Gasteiger partial charge >= 0.3 is 0 Å². The van der Waals surface area contributed by atoms with Gasteiger partial charge in [0.15, 0.2) is 11.6 Å². The van der Waals surface area contributed by atoms with Crippen molar-refractivity contribution in [1.82, 2.24) is 25.1 Å². The third-order valence-corrected chi connectivity index (χ3v) is 6.20. The average molecular weight is 466 g/mol. The Morgan fingerprint density at radius 3 is 2.76 bits per heavy atom. The second-order valence-electron chi connectivity index (χ2n) is 7.55. The van der Waals surface area contributed by atoms with Crippen molar-refractivity contribution in [3.8, 4) is 16.3 Å². The van der Waals surface area contributed by atoms with Crippen LogP contribution in [0.5, 0.6) is 0 Å². The number of aromatic nitrogens is 4. The standard InChI is InChI=1S/C23H21F2N7S/c1-15(29-20-12-27-5-4-22(20)31-8-6-26-7-9-31)21-14-33-23(30-21)32-13-17(11-28-32)16-2-3-18(24)19(25)10-16/h2-5,10-14,26,29H,1,6-9H2. The summed E-state index contributed by atoms with van der Waals surface area (Å²) in [6, 6.07) is 5.77. The fourth-order valence-corrected chi connectivity index (χ4v) is 4.42. The van der Waals surface area contributed by atoms with Crippen molar-refractivity contribution < 1.29 is 8.78 Å². The van der Waals surface area contributed by atoms with Crippen LogP contribution in [0, 0.1) is 11.6 Å². The Hall–Kier alpha value is -3.63. The lowest BCUT2D eigenvalue weighted by Gasteiger charge is -2.31. The van der Waals surface area contributed by atoms with Gasteiger partial charge in [-0.15, -0.1) is 11.3 Å². The van der Waals surface area contributed by atoms with Crippen LogP contribution in [0.25, 0.3) is 22.0 Å². The first kappa shape index (κ1) is 21.2. The quantitative estimate of drug-likeness (QED) is 0.446. The minimum atomic E-state index is -0.894. The molecule has 7 nitrogen and oxygen atoms in total. The molecule has 1 fully saturated rings. The SMILES string of the molecule is C=C(Nc1cnccc1N1CCNCC1)c1csc(-n2cc(-c3ccc(F)c(F)c3)cn2)n1. The molecule has 1 aliphatic heterocycles. The zero-order valence-electron chi connectivity index (χ0n) is 17.6. The Labute approximate surface area is 193 Å². The van der Waals surface area contributed by atoms with Gasteiger partial charge in [0.1, 0.15) is 0 Å². The molecular formula is C23H21F2N7S. The van der Waals surface area contributed by atoms with Gasteiger partial charge in [0.25, 0.3) is 0 Å². The molecule has 4 heterocycles. The van der Waals surface area contributed by atoms with Gasteiger partial charge in [0.2, 0.25) is 5.13 Å². The predicted octanol–water partition coefficient (Wildman–Crippen LogP) is 4.16. The van der Waals surface area contributed by atoms with E-state index in [0.29, 0.717) is 27.6 Å². The van der Waals surface area contributed by atoms with Crippen LogP contribution in [0.3, 0.4) is 0 Å². The minimum absolute atomic E-state index is 0.542. The van der Waals surface area contributed by atoms with Crippen LogP contribution >= 0.6 is 11.3 Å². The van der Waals surface area contributed by atoms with Gasteiger partial charge < -0.3 is 15.5 Å². The number of pyridine rings is 1. The van der Waals surface area contributed by atoms with Gasteiger partial charge in [-0.2, -0.15) is 5.10 Å². The zero-order chi connectivity index (χ0) is 22.8. The highest BCUT2D eigenvalue weighted by atomic mass is 32.1. The summed E-state index contributed by atoms with van der Waals surface area (Å²) in [5.74, 6) is -1.77. The normalized spacial score (nSPS) is 13.8. The first-order valence-electron chi connectivity index (χ1n) is 10.4. The largest absolute Gasteiger partial charge is 0.367 e. The zero-order valence-corrected chi connectivity index (χ0v) is 18.4. The smallest absolute Gasteiger partial charge is 0.210 e. The third kappa shape index (κ3) is 4.48. The van der Waals surface area contributed by atoms with E-state index in [1.807, 2.05) is 11.4 Å². The summed E-state index contributed by atoms with van der Waals surface area (Å²) in [6.45, 7) is 7.87. The lowest BCUT2D eigenvalue weighted by molar-refractivity contribution is 0.509. The molecule has 0 atom stereocenters. The number of anilines is 2. The molecule has 0 unspecified atom stereocenters. The van der Waals surface area contributed by atoms with Gasteiger partial charge in [-0.25, -0.2) is 18.4 Å². The highest BCUT2D eigenvalue weighted by Crippen LogP contribution is 2.29. The number of nitrogens with one attached hydrogen (secondary N) is 2. The third-order valence-electron chi connectivity index (χ3n) is 5.37. The van der Waals surface area contributed by atoms with E-state index < -0.39 is 11.6 Å². The summed E-state index contributed by atoms with van der Waals surface area (Å²) in [5.41, 5.74) is 4.49. The van der Waals surface area contributed by atoms with Crippen LogP contribution in [0.1, 0.15) is 5.69 Å². The first-order chi connectivity index (χ1) is 16.1. The number of piperazine rings is 1. The maximum absolute atomic E-state index is 13.6. The predicted molar refractivity (Wildman–Crippen MR) is 127 cm³/mol. The summed E-state index contributed by atoms with van der Waals surface area (Å²) in [7, 11) is 0. The molecule has 1 aromatic carbocycles. The molecule has 0 aliphatic carbocycles. The molecule has 0 amide bonds. The van der Waals surface area contributed by atoms with E-state index in [4.69, 9.17) is 0 Å². The number of halogens is 2. The van der Waals surface area contributed by atoms with Crippen molar-refractivity contribution in [1.29, 1.82) is 0 Å². The molecule has 5 rings (SSSR count). The van der Waals surface area contributed by atoms with E-state index in [2.05, 4.69) is 37.2 Å². The van der Waals surface area contributed by atoms with Crippen molar-refractivity contribution in [2.75, 3.05) is 36.4 Å². The van der Waals surface area contributed by atoms with E-state index in [1.54, 1.807) is 29.5 Å². The fourth-order valence-electron chi connectivity index (χ4n) is 3.65. The van der Waals surface area contributed by atoms with E-state index in [1.165, 1.54) is 17.4 Å². The molecule has 33 heavy (non-hydrogen) atoms. The Morgan fingerprint density at radius 1 is 1.09 bits per heavy atom. The molecule has 168 valence electrons. The van der Waals surface area contributed by atoms with Crippen LogP contribution < -0.4 is 15.5 Å². The van der Waals surface area contributed by atoms with E-state index >= 15 is 0 Å². The molecule has 0 radical (unpaired) electrons. The van der Waals surface area contributed by atoms with Crippen molar-refractivity contribution in [3.05, 3.63) is 78.3 Å². The van der Waals surface area contributed by atoms with Gasteiger partial charge in [0.05, 0.1) is 35.2 Å². The molecule has 0 saturated carbocycles. The lowest BCUT2D eigenvalue weighted by Crippen LogP contribution is -2.43. The Balaban J connectivity index is 1.33. The van der Waals surface area contributed by atoms with E-state index in [9.17, 15) is 8.78 Å². The summed E-state index contributed by atoms with van der Waals surface area (Å²) < 4.78 is 28.4.